The predicted molar refractivity (Wildman–Crippen MR) is 60.5 cm³/mol. The molecule has 0 radical (unpaired) electrons. The standard InChI is InChI=1S/C9H8BrNOS/c10-3-5-1-6(11)2-8-9(5)7(12)4-13-8/h1-2,4,12H,3,11H2. The highest BCUT2D eigenvalue weighted by molar-refractivity contribution is 9.08. The summed E-state index contributed by atoms with van der Waals surface area (Å²) in [5, 5.41) is 12.9. The van der Waals surface area contributed by atoms with Gasteiger partial charge in [-0.25, -0.2) is 0 Å². The molecule has 1 aromatic heterocycles. The number of nitrogen functional groups attached to an aromatic ring is 1. The summed E-state index contributed by atoms with van der Waals surface area (Å²) in [5.74, 6) is 0.342. The molecule has 0 spiro atoms. The number of halogens is 1. The molecule has 13 heavy (non-hydrogen) atoms. The number of nitrogens with two attached hydrogens (primary N) is 1. The van der Waals surface area contributed by atoms with Crippen molar-refractivity contribution in [1.82, 2.24) is 0 Å². The SMILES string of the molecule is Nc1cc(CBr)c2c(O)csc2c1. The van der Waals surface area contributed by atoms with E-state index in [0.717, 1.165) is 21.3 Å². The summed E-state index contributed by atoms with van der Waals surface area (Å²) in [4.78, 5) is 0. The summed E-state index contributed by atoms with van der Waals surface area (Å²) in [5.41, 5.74) is 7.49. The molecule has 0 aliphatic rings. The van der Waals surface area contributed by atoms with Gasteiger partial charge in [0, 0.05) is 26.5 Å². The number of benzene rings is 1. The molecule has 0 amide bonds. The van der Waals surface area contributed by atoms with Gasteiger partial charge in [-0.2, -0.15) is 0 Å². The summed E-state index contributed by atoms with van der Waals surface area (Å²) < 4.78 is 1.03. The number of thiophene rings is 1. The zero-order valence-electron chi connectivity index (χ0n) is 6.75. The lowest BCUT2D eigenvalue weighted by Crippen LogP contribution is -1.87. The van der Waals surface area contributed by atoms with Crippen LogP contribution in [0.5, 0.6) is 5.75 Å². The number of aromatic hydroxyl groups is 1. The van der Waals surface area contributed by atoms with Gasteiger partial charge in [0.1, 0.15) is 5.75 Å². The third kappa shape index (κ3) is 1.40. The van der Waals surface area contributed by atoms with Gasteiger partial charge in [0.25, 0.3) is 0 Å². The van der Waals surface area contributed by atoms with Crippen LogP contribution in [-0.2, 0) is 5.33 Å². The summed E-state index contributed by atoms with van der Waals surface area (Å²) in [7, 11) is 0. The summed E-state index contributed by atoms with van der Waals surface area (Å²) in [6, 6.07) is 3.76. The summed E-state index contributed by atoms with van der Waals surface area (Å²) in [6.45, 7) is 0. The Balaban J connectivity index is 2.85. The maximum absolute atomic E-state index is 9.56. The molecule has 0 aliphatic carbocycles. The van der Waals surface area contributed by atoms with Crippen LogP contribution in [0.2, 0.25) is 0 Å². The number of hydrogen-bond acceptors (Lipinski definition) is 3. The van der Waals surface area contributed by atoms with Crippen molar-refractivity contribution in [3.8, 4) is 5.75 Å². The van der Waals surface area contributed by atoms with Crippen LogP contribution in [0.4, 0.5) is 5.69 Å². The second-order valence-electron chi connectivity index (χ2n) is 2.81. The molecule has 0 saturated heterocycles. The Morgan fingerprint density at radius 3 is 2.92 bits per heavy atom. The fraction of sp³-hybridized carbons (Fsp3) is 0.111. The maximum atomic E-state index is 9.56. The Kier molecular flexibility index (Phi) is 2.17. The molecule has 2 rings (SSSR count). The Labute approximate surface area is 88.1 Å². The molecular weight excluding hydrogens is 250 g/mol. The zero-order valence-corrected chi connectivity index (χ0v) is 9.15. The quantitative estimate of drug-likeness (QED) is 0.610. The number of rotatable bonds is 1. The first-order valence-corrected chi connectivity index (χ1v) is 5.77. The van der Waals surface area contributed by atoms with E-state index >= 15 is 0 Å². The van der Waals surface area contributed by atoms with E-state index in [-0.39, 0.29) is 0 Å². The van der Waals surface area contributed by atoms with Crippen molar-refractivity contribution in [1.29, 1.82) is 0 Å². The van der Waals surface area contributed by atoms with E-state index in [1.54, 1.807) is 5.38 Å². The van der Waals surface area contributed by atoms with Crippen LogP contribution in [-0.4, -0.2) is 5.11 Å². The van der Waals surface area contributed by atoms with E-state index in [1.807, 2.05) is 12.1 Å². The van der Waals surface area contributed by atoms with Crippen LogP contribution in [0.3, 0.4) is 0 Å². The summed E-state index contributed by atoms with van der Waals surface area (Å²) >= 11 is 4.88. The largest absolute Gasteiger partial charge is 0.506 e. The lowest BCUT2D eigenvalue weighted by Gasteiger charge is -2.01. The normalized spacial score (nSPS) is 10.8. The van der Waals surface area contributed by atoms with E-state index in [1.165, 1.54) is 11.3 Å². The van der Waals surface area contributed by atoms with E-state index < -0.39 is 0 Å². The minimum atomic E-state index is 0.342. The molecule has 0 bridgehead atoms. The molecule has 1 heterocycles. The maximum Gasteiger partial charge on any atom is 0.134 e. The van der Waals surface area contributed by atoms with Crippen molar-refractivity contribution >= 4 is 43.0 Å². The highest BCUT2D eigenvalue weighted by Gasteiger charge is 2.08. The molecule has 0 saturated carbocycles. The van der Waals surface area contributed by atoms with Gasteiger partial charge in [0.2, 0.25) is 0 Å². The molecule has 3 N–H and O–H groups in total. The first-order valence-electron chi connectivity index (χ1n) is 3.77. The van der Waals surface area contributed by atoms with Gasteiger partial charge in [0.15, 0.2) is 0 Å². The average molecular weight is 258 g/mol. The van der Waals surface area contributed by atoms with Crippen LogP contribution in [0, 0.1) is 0 Å². The average Bonchev–Trinajstić information content (AvgIpc) is 2.46. The van der Waals surface area contributed by atoms with Crippen molar-refractivity contribution in [2.75, 3.05) is 5.73 Å². The van der Waals surface area contributed by atoms with Crippen molar-refractivity contribution < 1.29 is 5.11 Å². The van der Waals surface area contributed by atoms with Crippen LogP contribution < -0.4 is 5.73 Å². The minimum Gasteiger partial charge on any atom is -0.506 e. The minimum absolute atomic E-state index is 0.342. The molecule has 68 valence electrons. The number of hydrogen-bond donors (Lipinski definition) is 2. The van der Waals surface area contributed by atoms with E-state index in [4.69, 9.17) is 5.73 Å². The smallest absolute Gasteiger partial charge is 0.134 e. The molecule has 2 aromatic rings. The van der Waals surface area contributed by atoms with E-state index in [0.29, 0.717) is 11.1 Å². The van der Waals surface area contributed by atoms with Crippen LogP contribution in [0.25, 0.3) is 10.1 Å². The van der Waals surface area contributed by atoms with Gasteiger partial charge in [0.05, 0.1) is 0 Å². The third-order valence-corrected chi connectivity index (χ3v) is 3.42. The molecule has 0 aliphatic heterocycles. The molecule has 2 nitrogen and oxygen atoms in total. The van der Waals surface area contributed by atoms with Crippen molar-refractivity contribution in [3.63, 3.8) is 0 Å². The van der Waals surface area contributed by atoms with Crippen LogP contribution >= 0.6 is 27.3 Å². The predicted octanol–water partition coefficient (Wildman–Crippen LogP) is 3.08. The fourth-order valence-electron chi connectivity index (χ4n) is 1.36. The van der Waals surface area contributed by atoms with Gasteiger partial charge in [-0.3, -0.25) is 0 Å². The number of alkyl halides is 1. The first-order chi connectivity index (χ1) is 6.22. The third-order valence-electron chi connectivity index (χ3n) is 1.90. The summed E-state index contributed by atoms with van der Waals surface area (Å²) in [6.07, 6.45) is 0. The zero-order chi connectivity index (χ0) is 9.42. The van der Waals surface area contributed by atoms with Gasteiger partial charge >= 0.3 is 0 Å². The Morgan fingerprint density at radius 2 is 2.23 bits per heavy atom. The van der Waals surface area contributed by atoms with Gasteiger partial charge < -0.3 is 10.8 Å². The lowest BCUT2D eigenvalue weighted by molar-refractivity contribution is 0.483. The Hall–Kier alpha value is -0.740. The highest BCUT2D eigenvalue weighted by Crippen LogP contribution is 2.36. The Bertz CT molecular complexity index is 452. The molecule has 0 atom stereocenters. The number of anilines is 1. The van der Waals surface area contributed by atoms with Crippen molar-refractivity contribution in [2.24, 2.45) is 0 Å². The van der Waals surface area contributed by atoms with Gasteiger partial charge in [-0.05, 0) is 17.7 Å². The van der Waals surface area contributed by atoms with Crippen LogP contribution in [0.1, 0.15) is 5.56 Å². The molecular formula is C9H8BrNOS. The van der Waals surface area contributed by atoms with E-state index in [9.17, 15) is 5.11 Å². The molecule has 4 heteroatoms. The molecule has 1 aromatic carbocycles. The van der Waals surface area contributed by atoms with Gasteiger partial charge in [-0.1, -0.05) is 15.9 Å². The van der Waals surface area contributed by atoms with Crippen molar-refractivity contribution in [2.45, 2.75) is 5.33 Å². The monoisotopic (exact) mass is 257 g/mol. The highest BCUT2D eigenvalue weighted by atomic mass is 79.9. The molecule has 0 fully saturated rings. The fourth-order valence-corrected chi connectivity index (χ4v) is 2.72. The number of fused-ring (bicyclic) bond motifs is 1. The lowest BCUT2D eigenvalue weighted by atomic mass is 10.1. The van der Waals surface area contributed by atoms with Gasteiger partial charge in [-0.15, -0.1) is 11.3 Å². The second-order valence-corrected chi connectivity index (χ2v) is 4.28. The Morgan fingerprint density at radius 1 is 1.46 bits per heavy atom. The van der Waals surface area contributed by atoms with Crippen LogP contribution in [0.15, 0.2) is 17.5 Å². The topological polar surface area (TPSA) is 46.2 Å². The first kappa shape index (κ1) is 8.84. The molecule has 0 unspecified atom stereocenters. The van der Waals surface area contributed by atoms with Crippen molar-refractivity contribution in [3.05, 3.63) is 23.1 Å². The second kappa shape index (κ2) is 3.20. The van der Waals surface area contributed by atoms with E-state index in [2.05, 4.69) is 15.9 Å².